The number of aryl methyl sites for hydroxylation is 1. The van der Waals surface area contributed by atoms with Crippen LogP contribution in [0.1, 0.15) is 18.4 Å². The lowest BCUT2D eigenvalue weighted by molar-refractivity contribution is 0.904. The lowest BCUT2D eigenvalue weighted by atomic mass is 10.3. The molecule has 17 heavy (non-hydrogen) atoms. The zero-order valence-electron chi connectivity index (χ0n) is 9.66. The van der Waals surface area contributed by atoms with Gasteiger partial charge in [0.1, 0.15) is 11.6 Å². The fourth-order valence-electron chi connectivity index (χ4n) is 1.51. The summed E-state index contributed by atoms with van der Waals surface area (Å²) in [7, 11) is 0. The molecule has 0 aromatic carbocycles. The molecule has 0 aliphatic carbocycles. The Morgan fingerprint density at radius 1 is 1.47 bits per heavy atom. The average molecular weight is 233 g/mol. The van der Waals surface area contributed by atoms with Crippen LogP contribution in [-0.2, 0) is 12.8 Å². The molecule has 6 heteroatoms. The minimum atomic E-state index is -0.124. The van der Waals surface area contributed by atoms with Gasteiger partial charge in [-0.1, -0.05) is 6.92 Å². The smallest absolute Gasteiger partial charge is 0.252 e. The molecule has 2 aromatic rings. The van der Waals surface area contributed by atoms with Crippen molar-refractivity contribution in [1.82, 2.24) is 19.9 Å². The lowest BCUT2D eigenvalue weighted by Gasteiger charge is -2.05. The quantitative estimate of drug-likeness (QED) is 0.710. The zero-order valence-corrected chi connectivity index (χ0v) is 9.66. The zero-order chi connectivity index (χ0) is 12.1. The van der Waals surface area contributed by atoms with E-state index in [-0.39, 0.29) is 5.56 Å². The van der Waals surface area contributed by atoms with Gasteiger partial charge in [-0.05, 0) is 0 Å². The molecule has 2 aromatic heterocycles. The van der Waals surface area contributed by atoms with Crippen molar-refractivity contribution in [3.05, 3.63) is 40.5 Å². The van der Waals surface area contributed by atoms with Crippen LogP contribution >= 0.6 is 0 Å². The SMILES string of the molecule is CCc1nc(NCCc2cnc[nH]2)cc(=O)[nH]1. The maximum atomic E-state index is 11.3. The summed E-state index contributed by atoms with van der Waals surface area (Å²) in [5, 5.41) is 3.12. The van der Waals surface area contributed by atoms with Crippen LogP contribution in [0.2, 0.25) is 0 Å². The second-order valence-electron chi connectivity index (χ2n) is 3.68. The van der Waals surface area contributed by atoms with Gasteiger partial charge in [0.15, 0.2) is 0 Å². The molecule has 0 aliphatic heterocycles. The first kappa shape index (κ1) is 11.4. The maximum absolute atomic E-state index is 11.3. The number of nitrogens with one attached hydrogen (secondary N) is 3. The van der Waals surface area contributed by atoms with E-state index >= 15 is 0 Å². The van der Waals surface area contributed by atoms with E-state index in [0.717, 1.165) is 12.1 Å². The first-order valence-electron chi connectivity index (χ1n) is 5.59. The van der Waals surface area contributed by atoms with Gasteiger partial charge < -0.3 is 15.3 Å². The van der Waals surface area contributed by atoms with Crippen LogP contribution in [0, 0.1) is 0 Å². The fourth-order valence-corrected chi connectivity index (χ4v) is 1.51. The van der Waals surface area contributed by atoms with Crippen LogP contribution in [-0.4, -0.2) is 26.5 Å². The minimum Gasteiger partial charge on any atom is -0.369 e. The van der Waals surface area contributed by atoms with Gasteiger partial charge in [-0.15, -0.1) is 0 Å². The van der Waals surface area contributed by atoms with Gasteiger partial charge in [-0.3, -0.25) is 4.79 Å². The molecule has 3 N–H and O–H groups in total. The van der Waals surface area contributed by atoms with E-state index in [9.17, 15) is 4.79 Å². The van der Waals surface area contributed by atoms with Crippen molar-refractivity contribution in [2.75, 3.05) is 11.9 Å². The van der Waals surface area contributed by atoms with Gasteiger partial charge in [-0.2, -0.15) is 0 Å². The Hall–Kier alpha value is -2.11. The lowest BCUT2D eigenvalue weighted by Crippen LogP contribution is -2.14. The van der Waals surface area contributed by atoms with E-state index < -0.39 is 0 Å². The van der Waals surface area contributed by atoms with Gasteiger partial charge in [0.25, 0.3) is 5.56 Å². The van der Waals surface area contributed by atoms with E-state index in [0.29, 0.717) is 24.6 Å². The molecule has 90 valence electrons. The number of aromatic nitrogens is 4. The standard InChI is InChI=1S/C11H15N5O/c1-2-9-15-10(5-11(17)16-9)13-4-3-8-6-12-7-14-8/h5-7H,2-4H2,1H3,(H,12,14)(H2,13,15,16,17). The Bertz CT molecular complexity index is 517. The third-order valence-corrected chi connectivity index (χ3v) is 2.38. The molecular weight excluding hydrogens is 218 g/mol. The molecule has 0 amide bonds. The van der Waals surface area contributed by atoms with Crippen molar-refractivity contribution in [2.45, 2.75) is 19.8 Å². The predicted molar refractivity (Wildman–Crippen MR) is 65.0 cm³/mol. The van der Waals surface area contributed by atoms with Crippen LogP contribution in [0.5, 0.6) is 0 Å². The second kappa shape index (κ2) is 5.29. The third kappa shape index (κ3) is 3.17. The van der Waals surface area contributed by atoms with Crippen LogP contribution in [0.4, 0.5) is 5.82 Å². The molecule has 2 rings (SSSR count). The number of nitrogens with zero attached hydrogens (tertiary/aromatic N) is 2. The van der Waals surface area contributed by atoms with Gasteiger partial charge >= 0.3 is 0 Å². The number of anilines is 1. The molecule has 2 heterocycles. The molecule has 6 nitrogen and oxygen atoms in total. The summed E-state index contributed by atoms with van der Waals surface area (Å²) in [5.41, 5.74) is 0.930. The molecule has 0 atom stereocenters. The summed E-state index contributed by atoms with van der Waals surface area (Å²) in [4.78, 5) is 25.2. The van der Waals surface area contributed by atoms with Crippen LogP contribution in [0.15, 0.2) is 23.4 Å². The van der Waals surface area contributed by atoms with E-state index in [1.54, 1.807) is 12.5 Å². The summed E-state index contributed by atoms with van der Waals surface area (Å²) < 4.78 is 0. The number of imidazole rings is 1. The Kier molecular flexibility index (Phi) is 3.54. The molecule has 0 radical (unpaired) electrons. The van der Waals surface area contributed by atoms with Gasteiger partial charge in [0.2, 0.25) is 0 Å². The normalized spacial score (nSPS) is 10.4. The topological polar surface area (TPSA) is 86.5 Å². The van der Waals surface area contributed by atoms with Crippen molar-refractivity contribution >= 4 is 5.82 Å². The Morgan fingerprint density at radius 2 is 2.35 bits per heavy atom. The van der Waals surface area contributed by atoms with Crippen molar-refractivity contribution in [2.24, 2.45) is 0 Å². The van der Waals surface area contributed by atoms with Crippen molar-refractivity contribution < 1.29 is 0 Å². The summed E-state index contributed by atoms with van der Waals surface area (Å²) in [6, 6.07) is 1.46. The second-order valence-corrected chi connectivity index (χ2v) is 3.68. The molecule has 0 fully saturated rings. The van der Waals surface area contributed by atoms with E-state index in [2.05, 4.69) is 25.3 Å². The summed E-state index contributed by atoms with van der Waals surface area (Å²) >= 11 is 0. The number of rotatable bonds is 5. The van der Waals surface area contributed by atoms with Crippen molar-refractivity contribution in [1.29, 1.82) is 0 Å². The largest absolute Gasteiger partial charge is 0.369 e. The molecule has 0 saturated heterocycles. The highest BCUT2D eigenvalue weighted by Crippen LogP contribution is 2.00. The summed E-state index contributed by atoms with van der Waals surface area (Å²) in [6.07, 6.45) is 4.96. The van der Waals surface area contributed by atoms with Gasteiger partial charge in [-0.25, -0.2) is 9.97 Å². The molecular formula is C11H15N5O. The molecule has 0 saturated carbocycles. The average Bonchev–Trinajstić information content (AvgIpc) is 2.81. The monoisotopic (exact) mass is 233 g/mol. The first-order chi connectivity index (χ1) is 8.28. The van der Waals surface area contributed by atoms with E-state index in [1.165, 1.54) is 6.07 Å². The third-order valence-electron chi connectivity index (χ3n) is 2.38. The summed E-state index contributed by atoms with van der Waals surface area (Å²) in [5.74, 6) is 1.31. The number of hydrogen-bond acceptors (Lipinski definition) is 4. The number of aromatic amines is 2. The molecule has 0 spiro atoms. The van der Waals surface area contributed by atoms with Crippen LogP contribution in [0.3, 0.4) is 0 Å². The van der Waals surface area contributed by atoms with E-state index in [4.69, 9.17) is 0 Å². The molecule has 0 unspecified atom stereocenters. The van der Waals surface area contributed by atoms with Gasteiger partial charge in [0, 0.05) is 37.3 Å². The molecule has 0 bridgehead atoms. The Labute approximate surface area is 98.5 Å². The van der Waals surface area contributed by atoms with Crippen LogP contribution in [0.25, 0.3) is 0 Å². The minimum absolute atomic E-state index is 0.124. The maximum Gasteiger partial charge on any atom is 0.252 e. The number of hydrogen-bond donors (Lipinski definition) is 3. The highest BCUT2D eigenvalue weighted by Gasteiger charge is 1.99. The number of H-pyrrole nitrogens is 2. The Balaban J connectivity index is 1.94. The van der Waals surface area contributed by atoms with Crippen molar-refractivity contribution in [3.63, 3.8) is 0 Å². The van der Waals surface area contributed by atoms with Crippen LogP contribution < -0.4 is 10.9 Å². The highest BCUT2D eigenvalue weighted by atomic mass is 16.1. The summed E-state index contributed by atoms with van der Waals surface area (Å²) in [6.45, 7) is 2.66. The van der Waals surface area contributed by atoms with Crippen molar-refractivity contribution in [3.8, 4) is 0 Å². The highest BCUT2D eigenvalue weighted by molar-refractivity contribution is 5.33. The first-order valence-corrected chi connectivity index (χ1v) is 5.59. The van der Waals surface area contributed by atoms with E-state index in [1.807, 2.05) is 6.92 Å². The predicted octanol–water partition coefficient (Wildman–Crippen LogP) is 0.710. The molecule has 0 aliphatic rings. The Morgan fingerprint density at radius 3 is 3.06 bits per heavy atom. The fraction of sp³-hybridized carbons (Fsp3) is 0.364. The van der Waals surface area contributed by atoms with Gasteiger partial charge in [0.05, 0.1) is 6.33 Å².